The van der Waals surface area contributed by atoms with Crippen LogP contribution in [0, 0.1) is 0 Å². The standard InChI is InChI=1S/C16H9ClF3NO2/c17-9-1-3-10(4-2-9)21-11-5-6-12-13(22)8-15(16(18,19)20)23-14(12)7-11/h1-8,21H. The minimum absolute atomic E-state index is 0.0830. The van der Waals surface area contributed by atoms with Crippen molar-refractivity contribution in [3.63, 3.8) is 0 Å². The van der Waals surface area contributed by atoms with E-state index in [9.17, 15) is 18.0 Å². The first kappa shape index (κ1) is 15.4. The van der Waals surface area contributed by atoms with Crippen LogP contribution in [0.2, 0.25) is 5.02 Å². The van der Waals surface area contributed by atoms with Crippen molar-refractivity contribution < 1.29 is 17.6 Å². The van der Waals surface area contributed by atoms with E-state index in [1.807, 2.05) is 0 Å². The van der Waals surface area contributed by atoms with Gasteiger partial charge in [-0.2, -0.15) is 13.2 Å². The lowest BCUT2D eigenvalue weighted by Crippen LogP contribution is -2.10. The molecule has 3 aromatic rings. The van der Waals surface area contributed by atoms with Gasteiger partial charge in [-0.25, -0.2) is 0 Å². The van der Waals surface area contributed by atoms with E-state index in [0.29, 0.717) is 22.5 Å². The Kier molecular flexibility index (Phi) is 3.77. The van der Waals surface area contributed by atoms with Crippen LogP contribution in [-0.4, -0.2) is 0 Å². The average molecular weight is 340 g/mol. The first-order valence-corrected chi connectivity index (χ1v) is 6.88. The van der Waals surface area contributed by atoms with Crippen molar-refractivity contribution in [2.24, 2.45) is 0 Å². The summed E-state index contributed by atoms with van der Waals surface area (Å²) in [5, 5.41) is 3.65. The van der Waals surface area contributed by atoms with Crippen LogP contribution in [0.25, 0.3) is 11.0 Å². The van der Waals surface area contributed by atoms with Crippen LogP contribution in [0.3, 0.4) is 0 Å². The maximum atomic E-state index is 12.7. The zero-order valence-corrected chi connectivity index (χ0v) is 12.2. The second kappa shape index (κ2) is 5.62. The van der Waals surface area contributed by atoms with Gasteiger partial charge in [0.15, 0.2) is 5.43 Å². The molecule has 1 aromatic heterocycles. The molecule has 23 heavy (non-hydrogen) atoms. The lowest BCUT2D eigenvalue weighted by Gasteiger charge is -2.09. The molecule has 0 radical (unpaired) electrons. The number of anilines is 2. The molecular formula is C16H9ClF3NO2. The molecule has 0 saturated carbocycles. The number of benzene rings is 2. The summed E-state index contributed by atoms with van der Waals surface area (Å²) in [5.74, 6) is -1.32. The molecule has 0 saturated heterocycles. The van der Waals surface area contributed by atoms with E-state index in [2.05, 4.69) is 5.32 Å². The highest BCUT2D eigenvalue weighted by Crippen LogP contribution is 2.31. The summed E-state index contributed by atoms with van der Waals surface area (Å²) >= 11 is 5.79. The highest BCUT2D eigenvalue weighted by Gasteiger charge is 2.34. The van der Waals surface area contributed by atoms with Crippen LogP contribution in [0.4, 0.5) is 24.5 Å². The highest BCUT2D eigenvalue weighted by atomic mass is 35.5. The average Bonchev–Trinajstić information content (AvgIpc) is 2.48. The van der Waals surface area contributed by atoms with Gasteiger partial charge in [-0.15, -0.1) is 0 Å². The van der Waals surface area contributed by atoms with E-state index in [1.54, 1.807) is 30.3 Å². The number of hydrogen-bond donors (Lipinski definition) is 1. The SMILES string of the molecule is O=c1cc(C(F)(F)F)oc2cc(Nc3ccc(Cl)cc3)ccc12. The Hall–Kier alpha value is -2.47. The smallest absolute Gasteiger partial charge is 0.449 e. The van der Waals surface area contributed by atoms with Gasteiger partial charge in [0.25, 0.3) is 0 Å². The molecule has 0 fully saturated rings. The molecule has 0 amide bonds. The van der Waals surface area contributed by atoms with Crippen LogP contribution >= 0.6 is 11.6 Å². The Balaban J connectivity index is 2.03. The lowest BCUT2D eigenvalue weighted by atomic mass is 10.2. The molecule has 3 rings (SSSR count). The first-order valence-electron chi connectivity index (χ1n) is 6.51. The monoisotopic (exact) mass is 339 g/mol. The normalized spacial score (nSPS) is 11.7. The Morgan fingerprint density at radius 2 is 1.61 bits per heavy atom. The maximum absolute atomic E-state index is 12.7. The van der Waals surface area contributed by atoms with Gasteiger partial charge in [-0.1, -0.05) is 11.6 Å². The topological polar surface area (TPSA) is 42.2 Å². The second-order valence-corrected chi connectivity index (χ2v) is 5.25. The van der Waals surface area contributed by atoms with Gasteiger partial charge >= 0.3 is 6.18 Å². The number of hydrogen-bond acceptors (Lipinski definition) is 3. The molecule has 0 aliphatic heterocycles. The largest absolute Gasteiger partial charge is 0.451 e. The predicted molar refractivity (Wildman–Crippen MR) is 82.2 cm³/mol. The van der Waals surface area contributed by atoms with Crippen LogP contribution in [0.5, 0.6) is 0 Å². The molecule has 0 spiro atoms. The van der Waals surface area contributed by atoms with E-state index in [0.717, 1.165) is 0 Å². The number of alkyl halides is 3. The van der Waals surface area contributed by atoms with Crippen molar-refractivity contribution >= 4 is 33.9 Å². The molecule has 7 heteroatoms. The minimum Gasteiger partial charge on any atom is -0.451 e. The molecule has 118 valence electrons. The number of halogens is 4. The Labute approximate surface area is 133 Å². The number of rotatable bonds is 2. The Morgan fingerprint density at radius 1 is 0.957 bits per heavy atom. The summed E-state index contributed by atoms with van der Waals surface area (Å²) in [5.41, 5.74) is 0.311. The van der Waals surface area contributed by atoms with Crippen molar-refractivity contribution in [3.8, 4) is 0 Å². The molecule has 1 N–H and O–H groups in total. The second-order valence-electron chi connectivity index (χ2n) is 4.82. The van der Waals surface area contributed by atoms with Crippen molar-refractivity contribution in [3.05, 3.63) is 69.5 Å². The number of fused-ring (bicyclic) bond motifs is 1. The summed E-state index contributed by atoms with van der Waals surface area (Å²) < 4.78 is 43.0. The predicted octanol–water partition coefficient (Wildman–Crippen LogP) is 5.21. The van der Waals surface area contributed by atoms with Crippen molar-refractivity contribution in [1.29, 1.82) is 0 Å². The van der Waals surface area contributed by atoms with E-state index < -0.39 is 17.4 Å². The molecule has 0 unspecified atom stereocenters. The van der Waals surface area contributed by atoms with Crippen LogP contribution < -0.4 is 10.7 Å². The summed E-state index contributed by atoms with van der Waals surface area (Å²) in [7, 11) is 0. The molecule has 1 heterocycles. The van der Waals surface area contributed by atoms with E-state index in [1.165, 1.54) is 12.1 Å². The van der Waals surface area contributed by atoms with Gasteiger partial charge in [0, 0.05) is 28.5 Å². The van der Waals surface area contributed by atoms with Gasteiger partial charge < -0.3 is 9.73 Å². The zero-order valence-electron chi connectivity index (χ0n) is 11.4. The molecular weight excluding hydrogens is 331 g/mol. The summed E-state index contributed by atoms with van der Waals surface area (Å²) in [6.07, 6.45) is -4.72. The minimum atomic E-state index is -4.72. The van der Waals surface area contributed by atoms with Gasteiger partial charge in [0.05, 0.1) is 5.39 Å². The third-order valence-corrected chi connectivity index (χ3v) is 3.39. The Morgan fingerprint density at radius 3 is 2.26 bits per heavy atom. The maximum Gasteiger partial charge on any atom is 0.449 e. The van der Waals surface area contributed by atoms with E-state index in [-0.39, 0.29) is 11.0 Å². The number of nitrogens with one attached hydrogen (secondary N) is 1. The third-order valence-electron chi connectivity index (χ3n) is 3.14. The van der Waals surface area contributed by atoms with E-state index in [4.69, 9.17) is 16.0 Å². The Bertz CT molecular complexity index is 917. The van der Waals surface area contributed by atoms with Crippen LogP contribution in [0.15, 0.2) is 57.7 Å². The van der Waals surface area contributed by atoms with Gasteiger partial charge in [-0.3, -0.25) is 4.79 Å². The van der Waals surface area contributed by atoms with Gasteiger partial charge in [0.1, 0.15) is 5.58 Å². The first-order chi connectivity index (χ1) is 10.8. The molecule has 3 nitrogen and oxygen atoms in total. The fraction of sp³-hybridized carbons (Fsp3) is 0.0625. The molecule has 0 aliphatic rings. The van der Waals surface area contributed by atoms with Crippen molar-refractivity contribution in [2.75, 3.05) is 5.32 Å². The summed E-state index contributed by atoms with van der Waals surface area (Å²) in [4.78, 5) is 11.8. The molecule has 0 atom stereocenters. The molecule has 0 bridgehead atoms. The van der Waals surface area contributed by atoms with Crippen LogP contribution in [-0.2, 0) is 6.18 Å². The molecule has 2 aromatic carbocycles. The lowest BCUT2D eigenvalue weighted by molar-refractivity contribution is -0.152. The third kappa shape index (κ3) is 3.32. The van der Waals surface area contributed by atoms with Crippen molar-refractivity contribution in [2.45, 2.75) is 6.18 Å². The summed E-state index contributed by atoms with van der Waals surface area (Å²) in [6.45, 7) is 0. The van der Waals surface area contributed by atoms with Gasteiger partial charge in [-0.05, 0) is 36.4 Å². The highest BCUT2D eigenvalue weighted by molar-refractivity contribution is 6.30. The van der Waals surface area contributed by atoms with Crippen molar-refractivity contribution in [1.82, 2.24) is 0 Å². The van der Waals surface area contributed by atoms with Gasteiger partial charge in [0.2, 0.25) is 5.76 Å². The van der Waals surface area contributed by atoms with E-state index >= 15 is 0 Å². The zero-order chi connectivity index (χ0) is 16.6. The van der Waals surface area contributed by atoms with Crippen LogP contribution in [0.1, 0.15) is 5.76 Å². The fourth-order valence-electron chi connectivity index (χ4n) is 2.07. The summed E-state index contributed by atoms with van der Waals surface area (Å²) in [6, 6.07) is 11.6. The quantitative estimate of drug-likeness (QED) is 0.697. The molecule has 0 aliphatic carbocycles. The fourth-order valence-corrected chi connectivity index (χ4v) is 2.20.